The summed E-state index contributed by atoms with van der Waals surface area (Å²) in [6.07, 6.45) is 14.5. The topological polar surface area (TPSA) is 40.5 Å². The molecule has 30 heavy (non-hydrogen) atoms. The Morgan fingerprint density at radius 1 is 0.933 bits per heavy atom. The van der Waals surface area contributed by atoms with Crippen LogP contribution in [0.3, 0.4) is 0 Å². The van der Waals surface area contributed by atoms with E-state index in [1.54, 1.807) is 0 Å². The van der Waals surface area contributed by atoms with Crippen molar-refractivity contribution in [3.05, 3.63) is 23.8 Å². The molecule has 1 unspecified atom stereocenters. The van der Waals surface area contributed by atoms with Gasteiger partial charge in [0.05, 0.1) is 12.2 Å². The van der Waals surface area contributed by atoms with Gasteiger partial charge in [-0.15, -0.1) is 0 Å². The molecule has 0 aromatic rings. The minimum atomic E-state index is -0.321. The Morgan fingerprint density at radius 2 is 1.67 bits per heavy atom. The molecule has 0 radical (unpaired) electrons. The molecular formula is C28H46O2. The third kappa shape index (κ3) is 3.54. The van der Waals surface area contributed by atoms with Crippen molar-refractivity contribution in [2.24, 2.45) is 52.3 Å². The fraction of sp³-hybridized carbons (Fsp3) is 0.857. The highest BCUT2D eigenvalue weighted by Gasteiger charge is 2.60. The van der Waals surface area contributed by atoms with Gasteiger partial charge in [0.2, 0.25) is 0 Å². The molecule has 10 atom stereocenters. The Morgan fingerprint density at radius 3 is 2.37 bits per heavy atom. The molecule has 4 aliphatic carbocycles. The Balaban J connectivity index is 1.57. The minimum absolute atomic E-state index is 0.195. The van der Waals surface area contributed by atoms with Gasteiger partial charge in [-0.2, -0.15) is 0 Å². The van der Waals surface area contributed by atoms with Crippen molar-refractivity contribution in [2.45, 2.75) is 98.7 Å². The second-order valence-corrected chi connectivity index (χ2v) is 12.4. The summed E-state index contributed by atoms with van der Waals surface area (Å²) < 4.78 is 0. The lowest BCUT2D eigenvalue weighted by atomic mass is 9.46. The maximum atomic E-state index is 11.3. The lowest BCUT2D eigenvalue weighted by Gasteiger charge is -2.59. The van der Waals surface area contributed by atoms with Gasteiger partial charge in [0.25, 0.3) is 0 Å². The van der Waals surface area contributed by atoms with Gasteiger partial charge >= 0.3 is 0 Å². The number of aliphatic hydroxyl groups is 2. The van der Waals surface area contributed by atoms with Crippen molar-refractivity contribution in [3.63, 3.8) is 0 Å². The summed E-state index contributed by atoms with van der Waals surface area (Å²) in [4.78, 5) is 0. The number of aliphatic hydroxyl groups excluding tert-OH is 2. The highest BCUT2D eigenvalue weighted by atomic mass is 16.3. The third-order valence-electron chi connectivity index (χ3n) is 10.6. The second-order valence-electron chi connectivity index (χ2n) is 12.4. The lowest BCUT2D eigenvalue weighted by Crippen LogP contribution is -2.54. The molecule has 3 fully saturated rings. The molecule has 0 aromatic carbocycles. The van der Waals surface area contributed by atoms with Gasteiger partial charge in [0.15, 0.2) is 0 Å². The zero-order valence-electron chi connectivity index (χ0n) is 20.3. The van der Waals surface area contributed by atoms with E-state index in [1.807, 2.05) is 0 Å². The molecule has 0 bridgehead atoms. The first-order chi connectivity index (χ1) is 14.1. The van der Waals surface area contributed by atoms with E-state index in [9.17, 15) is 10.2 Å². The van der Waals surface area contributed by atoms with Crippen LogP contribution in [0, 0.1) is 52.3 Å². The van der Waals surface area contributed by atoms with Crippen LogP contribution in [0.5, 0.6) is 0 Å². The van der Waals surface area contributed by atoms with Crippen molar-refractivity contribution in [3.8, 4) is 0 Å². The van der Waals surface area contributed by atoms with Gasteiger partial charge in [0.1, 0.15) is 0 Å². The molecule has 0 aliphatic heterocycles. The largest absolute Gasteiger partial charge is 0.393 e. The predicted molar refractivity (Wildman–Crippen MR) is 125 cm³/mol. The second kappa shape index (κ2) is 8.07. The minimum Gasteiger partial charge on any atom is -0.393 e. The van der Waals surface area contributed by atoms with Crippen LogP contribution < -0.4 is 0 Å². The number of rotatable bonds is 4. The van der Waals surface area contributed by atoms with Crippen LogP contribution in [0.15, 0.2) is 23.8 Å². The Labute approximate surface area is 185 Å². The monoisotopic (exact) mass is 414 g/mol. The highest BCUT2D eigenvalue weighted by Crippen LogP contribution is 2.67. The van der Waals surface area contributed by atoms with E-state index < -0.39 is 0 Å². The van der Waals surface area contributed by atoms with E-state index >= 15 is 0 Å². The summed E-state index contributed by atoms with van der Waals surface area (Å²) in [5.41, 5.74) is 1.90. The summed E-state index contributed by atoms with van der Waals surface area (Å²) in [6, 6.07) is 0. The summed E-state index contributed by atoms with van der Waals surface area (Å²) >= 11 is 0. The quantitative estimate of drug-likeness (QED) is 0.524. The molecule has 0 heterocycles. The first-order valence-corrected chi connectivity index (χ1v) is 12.8. The summed E-state index contributed by atoms with van der Waals surface area (Å²) in [5.74, 6) is 4.31. The van der Waals surface area contributed by atoms with E-state index in [0.29, 0.717) is 40.9 Å². The lowest BCUT2D eigenvalue weighted by molar-refractivity contribution is -0.0950. The first kappa shape index (κ1) is 22.6. The smallest absolute Gasteiger partial charge is 0.0757 e. The van der Waals surface area contributed by atoms with E-state index in [2.05, 4.69) is 59.8 Å². The van der Waals surface area contributed by atoms with Gasteiger partial charge in [-0.1, -0.05) is 65.3 Å². The van der Waals surface area contributed by atoms with E-state index in [4.69, 9.17) is 0 Å². The van der Waals surface area contributed by atoms with Crippen molar-refractivity contribution >= 4 is 0 Å². The molecule has 0 saturated heterocycles. The molecule has 2 heteroatoms. The van der Waals surface area contributed by atoms with Crippen LogP contribution in [-0.4, -0.2) is 22.4 Å². The normalized spacial score (nSPS) is 48.1. The summed E-state index contributed by atoms with van der Waals surface area (Å²) in [7, 11) is 0. The average Bonchev–Trinajstić information content (AvgIpc) is 3.04. The standard InChI is InChI=1S/C28H46O2/c1-17(2)18(3)7-8-19(4)22-9-10-23-26-24(12-14-28(22,23)6)27(5)13-11-21(29)15-20(27)16-25(26)30/h7-8,16-19,21-26,29-30H,9-15H2,1-6H3/b8-7+/t18-,19-,21+,22-,23+,24+,25+,26?,27+,28-/m1/s1. The zero-order valence-corrected chi connectivity index (χ0v) is 20.3. The average molecular weight is 415 g/mol. The molecule has 4 aliphatic rings. The first-order valence-electron chi connectivity index (χ1n) is 12.8. The number of allylic oxidation sites excluding steroid dienone is 2. The van der Waals surface area contributed by atoms with Gasteiger partial charge in [-0.05, 0) is 97.2 Å². The van der Waals surface area contributed by atoms with Gasteiger partial charge < -0.3 is 10.2 Å². The number of hydrogen-bond donors (Lipinski definition) is 2. The summed E-state index contributed by atoms with van der Waals surface area (Å²) in [5, 5.41) is 21.5. The SMILES string of the molecule is CC(C)[C@H](C)/C=C/[C@@H](C)[C@H]1CC[C@H]2C3[C@@H](O)C=C4C[C@@H](O)CC[C@]4(C)[C@H]3CC[C@]12C. The van der Waals surface area contributed by atoms with Crippen molar-refractivity contribution < 1.29 is 10.2 Å². The molecule has 170 valence electrons. The number of hydrogen-bond acceptors (Lipinski definition) is 2. The van der Waals surface area contributed by atoms with Crippen LogP contribution >= 0.6 is 0 Å². The molecule has 0 spiro atoms. The van der Waals surface area contributed by atoms with Gasteiger partial charge in [-0.3, -0.25) is 0 Å². The molecule has 2 nitrogen and oxygen atoms in total. The fourth-order valence-corrected chi connectivity index (χ4v) is 8.24. The maximum Gasteiger partial charge on any atom is 0.0757 e. The molecule has 2 N–H and O–H groups in total. The zero-order chi connectivity index (χ0) is 21.8. The van der Waals surface area contributed by atoms with Gasteiger partial charge in [0, 0.05) is 0 Å². The van der Waals surface area contributed by atoms with Crippen LogP contribution in [0.1, 0.15) is 86.5 Å². The molecule has 0 aromatic heterocycles. The third-order valence-corrected chi connectivity index (χ3v) is 10.6. The van der Waals surface area contributed by atoms with E-state index in [1.165, 1.54) is 31.3 Å². The maximum absolute atomic E-state index is 11.3. The summed E-state index contributed by atoms with van der Waals surface area (Å²) in [6.45, 7) is 14.4. The molecule has 3 saturated carbocycles. The van der Waals surface area contributed by atoms with Crippen LogP contribution in [0.4, 0.5) is 0 Å². The van der Waals surface area contributed by atoms with Crippen molar-refractivity contribution in [1.29, 1.82) is 0 Å². The molecular weight excluding hydrogens is 368 g/mol. The van der Waals surface area contributed by atoms with Crippen LogP contribution in [0.2, 0.25) is 0 Å². The fourth-order valence-electron chi connectivity index (χ4n) is 8.24. The van der Waals surface area contributed by atoms with Crippen molar-refractivity contribution in [1.82, 2.24) is 0 Å². The van der Waals surface area contributed by atoms with E-state index in [0.717, 1.165) is 25.2 Å². The van der Waals surface area contributed by atoms with Gasteiger partial charge in [-0.25, -0.2) is 0 Å². The Bertz CT molecular complexity index is 693. The van der Waals surface area contributed by atoms with Crippen LogP contribution in [-0.2, 0) is 0 Å². The van der Waals surface area contributed by atoms with Crippen LogP contribution in [0.25, 0.3) is 0 Å². The highest BCUT2D eigenvalue weighted by molar-refractivity contribution is 5.28. The Kier molecular flexibility index (Phi) is 6.08. The Hall–Kier alpha value is -0.600. The molecule has 4 rings (SSSR count). The molecule has 0 amide bonds. The predicted octanol–water partition coefficient (Wildman–Crippen LogP) is 6.38. The van der Waals surface area contributed by atoms with Crippen molar-refractivity contribution in [2.75, 3.05) is 0 Å². The number of fused-ring (bicyclic) bond motifs is 5. The van der Waals surface area contributed by atoms with E-state index in [-0.39, 0.29) is 17.6 Å².